The predicted molar refractivity (Wildman–Crippen MR) is 144 cm³/mol. The number of benzene rings is 1. The fourth-order valence-corrected chi connectivity index (χ4v) is 5.00. The summed E-state index contributed by atoms with van der Waals surface area (Å²) in [7, 11) is 1.84. The molecule has 0 aliphatic heterocycles. The van der Waals surface area contributed by atoms with Gasteiger partial charge >= 0.3 is 5.82 Å². The van der Waals surface area contributed by atoms with Crippen LogP contribution in [0, 0.1) is 15.9 Å². The second-order valence-corrected chi connectivity index (χ2v) is 9.83. The molecular formula is C27H24BrFN6O3. The molecule has 4 heterocycles. The Hall–Kier alpha value is -4.12. The molecule has 0 amide bonds. The molecule has 9 nitrogen and oxygen atoms in total. The van der Waals surface area contributed by atoms with Crippen molar-refractivity contribution in [2.75, 3.05) is 0 Å². The Morgan fingerprint density at radius 2 is 2.00 bits per heavy atom. The van der Waals surface area contributed by atoms with Gasteiger partial charge in [-0.25, -0.2) is 4.39 Å². The van der Waals surface area contributed by atoms with Crippen LogP contribution in [-0.4, -0.2) is 29.2 Å². The van der Waals surface area contributed by atoms with E-state index in [9.17, 15) is 14.5 Å². The molecule has 1 aromatic carbocycles. The number of hydrogen-bond acceptors (Lipinski definition) is 6. The third-order valence-electron chi connectivity index (χ3n) is 6.38. The number of halogens is 2. The predicted octanol–water partition coefficient (Wildman–Crippen LogP) is 6.39. The highest BCUT2D eigenvalue weighted by Gasteiger charge is 2.24. The second kappa shape index (κ2) is 10.3. The Morgan fingerprint density at radius 1 is 1.18 bits per heavy atom. The molecule has 0 spiro atoms. The largest absolute Gasteiger partial charge is 0.478 e. The molecule has 0 aliphatic carbocycles. The highest BCUT2D eigenvalue weighted by Crippen LogP contribution is 2.37. The van der Waals surface area contributed by atoms with Gasteiger partial charge in [0.1, 0.15) is 11.9 Å². The smallest absolute Gasteiger partial charge is 0.406 e. The van der Waals surface area contributed by atoms with E-state index in [1.54, 1.807) is 23.9 Å². The number of fused-ring (bicyclic) bond motifs is 1. The maximum absolute atomic E-state index is 14.5. The molecule has 0 radical (unpaired) electrons. The number of pyridine rings is 2. The lowest BCUT2D eigenvalue weighted by Crippen LogP contribution is -2.08. The van der Waals surface area contributed by atoms with Crippen LogP contribution < -0.4 is 4.74 Å². The van der Waals surface area contributed by atoms with Gasteiger partial charge in [0.15, 0.2) is 6.20 Å². The molecule has 0 fully saturated rings. The first-order chi connectivity index (χ1) is 18.2. The summed E-state index contributed by atoms with van der Waals surface area (Å²) in [4.78, 5) is 19.0. The quantitative estimate of drug-likeness (QED) is 0.156. The Labute approximate surface area is 226 Å². The first kappa shape index (κ1) is 25.5. The molecule has 11 heteroatoms. The van der Waals surface area contributed by atoms with Crippen LogP contribution in [0.3, 0.4) is 0 Å². The fourth-order valence-electron chi connectivity index (χ4n) is 4.69. The summed E-state index contributed by atoms with van der Waals surface area (Å²) < 4.78 is 24.9. The summed E-state index contributed by atoms with van der Waals surface area (Å²) in [5.74, 6) is -0.885. The van der Waals surface area contributed by atoms with E-state index in [0.717, 1.165) is 28.6 Å². The van der Waals surface area contributed by atoms with Crippen LogP contribution in [0.25, 0.3) is 22.2 Å². The number of aryl methyl sites for hydroxylation is 2. The van der Waals surface area contributed by atoms with Gasteiger partial charge < -0.3 is 19.4 Å². The highest BCUT2D eigenvalue weighted by atomic mass is 79.9. The zero-order valence-electron chi connectivity index (χ0n) is 20.9. The summed E-state index contributed by atoms with van der Waals surface area (Å²) in [5, 5.41) is 17.3. The standard InChI is InChI=1S/C27H24BrFN6O3/c1-4-34-15-17(21-7-8-30-13-24(21)34)9-18-14-33(3)32-26(18)22-6-5-20(29)11-23(22)16(2)38-25-10-19(28)12-31-27(25)35(36)37/h5-8,10-16H,4,9H2,1-3H3/t16-/m1/s1. The number of ether oxygens (including phenoxy) is 1. The van der Waals surface area contributed by atoms with Gasteiger partial charge in [0.05, 0.1) is 21.9 Å². The number of nitrogens with zero attached hydrogens (tertiary/aromatic N) is 6. The van der Waals surface area contributed by atoms with Gasteiger partial charge in [-0.15, -0.1) is 0 Å². The molecule has 1 atom stereocenters. The van der Waals surface area contributed by atoms with Gasteiger partial charge in [-0.05, 0) is 69.5 Å². The lowest BCUT2D eigenvalue weighted by atomic mass is 9.95. The fraction of sp³-hybridized carbons (Fsp3) is 0.222. The van der Waals surface area contributed by atoms with Gasteiger partial charge in [-0.2, -0.15) is 5.10 Å². The first-order valence-corrected chi connectivity index (χ1v) is 12.7. The highest BCUT2D eigenvalue weighted by molar-refractivity contribution is 9.10. The van der Waals surface area contributed by atoms with Crippen molar-refractivity contribution in [1.82, 2.24) is 24.3 Å². The van der Waals surface area contributed by atoms with Gasteiger partial charge in [-0.1, -0.05) is 0 Å². The van der Waals surface area contributed by atoms with Crippen LogP contribution in [0.15, 0.2) is 65.8 Å². The first-order valence-electron chi connectivity index (χ1n) is 12.0. The van der Waals surface area contributed by atoms with E-state index in [-0.39, 0.29) is 5.75 Å². The van der Waals surface area contributed by atoms with E-state index in [1.807, 2.05) is 25.5 Å². The van der Waals surface area contributed by atoms with Crippen LogP contribution in [-0.2, 0) is 20.0 Å². The Kier molecular flexibility index (Phi) is 6.94. The minimum absolute atomic E-state index is 0.0192. The summed E-state index contributed by atoms with van der Waals surface area (Å²) in [5.41, 5.74) is 5.02. The Balaban J connectivity index is 1.56. The second-order valence-electron chi connectivity index (χ2n) is 8.91. The molecule has 5 rings (SSSR count). The van der Waals surface area contributed by atoms with E-state index in [1.165, 1.54) is 24.4 Å². The summed E-state index contributed by atoms with van der Waals surface area (Å²) in [6, 6.07) is 7.91. The van der Waals surface area contributed by atoms with Crippen molar-refractivity contribution in [3.8, 4) is 17.0 Å². The van der Waals surface area contributed by atoms with Crippen molar-refractivity contribution in [3.05, 3.63) is 98.4 Å². The minimum Gasteiger partial charge on any atom is -0.478 e. The van der Waals surface area contributed by atoms with E-state index in [2.05, 4.69) is 43.6 Å². The summed E-state index contributed by atoms with van der Waals surface area (Å²) in [6.07, 6.45) is 8.91. The van der Waals surface area contributed by atoms with Crippen molar-refractivity contribution >= 4 is 32.7 Å². The van der Waals surface area contributed by atoms with E-state index in [0.29, 0.717) is 27.7 Å². The number of hydrogen-bond donors (Lipinski definition) is 0. The molecular weight excluding hydrogens is 555 g/mol. The van der Waals surface area contributed by atoms with Gasteiger partial charge in [0.2, 0.25) is 5.75 Å². The topological polar surface area (TPSA) is 101 Å². The van der Waals surface area contributed by atoms with E-state index < -0.39 is 22.7 Å². The molecule has 0 bridgehead atoms. The molecule has 0 saturated carbocycles. The van der Waals surface area contributed by atoms with Crippen LogP contribution >= 0.6 is 15.9 Å². The molecule has 0 N–H and O–H groups in total. The van der Waals surface area contributed by atoms with Crippen molar-refractivity contribution < 1.29 is 14.1 Å². The third kappa shape index (κ3) is 4.89. The average Bonchev–Trinajstić information content (AvgIpc) is 3.43. The van der Waals surface area contributed by atoms with Crippen LogP contribution in [0.1, 0.15) is 36.6 Å². The molecule has 5 aromatic rings. The lowest BCUT2D eigenvalue weighted by Gasteiger charge is -2.18. The van der Waals surface area contributed by atoms with E-state index in [4.69, 9.17) is 9.84 Å². The Morgan fingerprint density at radius 3 is 2.76 bits per heavy atom. The zero-order valence-corrected chi connectivity index (χ0v) is 22.5. The van der Waals surface area contributed by atoms with Crippen LogP contribution in [0.2, 0.25) is 0 Å². The zero-order chi connectivity index (χ0) is 27.0. The molecule has 0 aliphatic rings. The van der Waals surface area contributed by atoms with E-state index >= 15 is 0 Å². The van der Waals surface area contributed by atoms with Gasteiger partial charge in [-0.3, -0.25) is 9.67 Å². The molecule has 38 heavy (non-hydrogen) atoms. The normalized spacial score (nSPS) is 12.1. The lowest BCUT2D eigenvalue weighted by molar-refractivity contribution is -0.390. The number of rotatable bonds is 8. The third-order valence-corrected chi connectivity index (χ3v) is 6.81. The van der Waals surface area contributed by atoms with Crippen molar-refractivity contribution in [1.29, 1.82) is 0 Å². The van der Waals surface area contributed by atoms with Crippen molar-refractivity contribution in [2.45, 2.75) is 32.9 Å². The SMILES string of the molecule is CCn1cc(Cc2cn(C)nc2-c2ccc(F)cc2[C@@H](C)Oc2cc(Br)cnc2[N+](=O)[O-])c2ccncc21. The maximum Gasteiger partial charge on any atom is 0.406 e. The molecule has 194 valence electrons. The molecule has 0 unspecified atom stereocenters. The maximum atomic E-state index is 14.5. The van der Waals surface area contributed by atoms with Crippen LogP contribution in [0.4, 0.5) is 10.2 Å². The monoisotopic (exact) mass is 578 g/mol. The van der Waals surface area contributed by atoms with Gasteiger partial charge in [0.25, 0.3) is 0 Å². The van der Waals surface area contributed by atoms with Crippen molar-refractivity contribution in [3.63, 3.8) is 0 Å². The Bertz CT molecular complexity index is 1660. The van der Waals surface area contributed by atoms with Gasteiger partial charge in [0, 0.05) is 66.7 Å². The van der Waals surface area contributed by atoms with Crippen LogP contribution in [0.5, 0.6) is 5.75 Å². The van der Waals surface area contributed by atoms with Crippen molar-refractivity contribution in [2.24, 2.45) is 7.05 Å². The average molecular weight is 579 g/mol. The molecule has 0 saturated heterocycles. The number of aromatic nitrogens is 5. The molecule has 4 aromatic heterocycles. The summed E-state index contributed by atoms with van der Waals surface area (Å²) in [6.45, 7) is 4.62. The summed E-state index contributed by atoms with van der Waals surface area (Å²) >= 11 is 3.28. The minimum atomic E-state index is -0.738. The number of nitro groups is 1.